The highest BCUT2D eigenvalue weighted by Crippen LogP contribution is 2.36. The molecule has 0 aliphatic carbocycles. The Morgan fingerprint density at radius 2 is 1.69 bits per heavy atom. The second-order valence-electron chi connectivity index (χ2n) is 6.69. The van der Waals surface area contributed by atoms with E-state index in [0.717, 1.165) is 34.7 Å². The Kier molecular flexibility index (Phi) is 7.59. The van der Waals surface area contributed by atoms with Gasteiger partial charge in [-0.15, -0.1) is 11.8 Å². The van der Waals surface area contributed by atoms with Crippen molar-refractivity contribution in [3.8, 4) is 5.75 Å². The minimum absolute atomic E-state index is 0.0716. The van der Waals surface area contributed by atoms with Crippen LogP contribution in [0.4, 0.5) is 11.4 Å². The number of amides is 1. The number of hydrogen-bond acceptors (Lipinski definition) is 4. The average Bonchev–Trinajstić information content (AvgIpc) is 2.75. The maximum atomic E-state index is 13.1. The first-order valence-electron chi connectivity index (χ1n) is 9.76. The third-order valence-electron chi connectivity index (χ3n) is 4.36. The number of unbranched alkanes of at least 4 members (excludes halogenated alkanes) is 1. The largest absolute Gasteiger partial charge is 0.494 e. The maximum absolute atomic E-state index is 13.1. The van der Waals surface area contributed by atoms with Crippen LogP contribution in [0.15, 0.2) is 83.8 Å². The van der Waals surface area contributed by atoms with Crippen molar-refractivity contribution < 1.29 is 9.53 Å². The first-order valence-corrected chi connectivity index (χ1v) is 10.6. The van der Waals surface area contributed by atoms with Crippen molar-refractivity contribution in [2.75, 3.05) is 17.7 Å². The molecule has 1 amide bonds. The van der Waals surface area contributed by atoms with Gasteiger partial charge in [-0.1, -0.05) is 43.7 Å². The summed E-state index contributed by atoms with van der Waals surface area (Å²) in [4.78, 5) is 14.1. The van der Waals surface area contributed by atoms with Crippen molar-refractivity contribution in [1.82, 2.24) is 0 Å². The third-order valence-corrected chi connectivity index (χ3v) is 5.63. The fraction of sp³-hybridized carbons (Fsp3) is 0.208. The lowest BCUT2D eigenvalue weighted by molar-refractivity contribution is -0.115. The molecule has 0 fully saturated rings. The predicted molar refractivity (Wildman–Crippen MR) is 121 cm³/mol. The first-order chi connectivity index (χ1) is 14.2. The van der Waals surface area contributed by atoms with Crippen LogP contribution < -0.4 is 15.8 Å². The van der Waals surface area contributed by atoms with Gasteiger partial charge in [-0.2, -0.15) is 0 Å². The van der Waals surface area contributed by atoms with E-state index in [4.69, 9.17) is 10.5 Å². The topological polar surface area (TPSA) is 64.3 Å². The quantitative estimate of drug-likeness (QED) is 0.263. The number of nitrogens with one attached hydrogen (secondary N) is 1. The molecular weight excluding hydrogens is 380 g/mol. The average molecular weight is 407 g/mol. The Hall–Kier alpha value is -2.92. The monoisotopic (exact) mass is 406 g/mol. The SMILES string of the molecule is CCCCOc1ccc(NC(=O)C(Sc2ccc(N)cc2)c2ccccc2)cc1. The standard InChI is InChI=1S/C24H26N2O2S/c1-2-3-17-28-21-13-11-20(12-14-21)26-24(27)23(18-7-5-4-6-8-18)29-22-15-9-19(25)10-16-22/h4-16,23H,2-3,17,25H2,1H3,(H,26,27). The van der Waals surface area contributed by atoms with Crippen molar-refractivity contribution in [3.63, 3.8) is 0 Å². The zero-order chi connectivity index (χ0) is 20.5. The molecule has 4 nitrogen and oxygen atoms in total. The summed E-state index contributed by atoms with van der Waals surface area (Å²) in [6, 6.07) is 24.9. The van der Waals surface area contributed by atoms with Crippen molar-refractivity contribution in [2.24, 2.45) is 0 Å². The van der Waals surface area contributed by atoms with Crippen molar-refractivity contribution >= 4 is 29.0 Å². The summed E-state index contributed by atoms with van der Waals surface area (Å²) in [5.41, 5.74) is 8.18. The molecule has 0 saturated carbocycles. The molecular formula is C24H26N2O2S. The zero-order valence-electron chi connectivity index (χ0n) is 16.5. The van der Waals surface area contributed by atoms with Crippen LogP contribution >= 0.6 is 11.8 Å². The number of carbonyl (C=O) groups is 1. The van der Waals surface area contributed by atoms with Crippen molar-refractivity contribution in [2.45, 2.75) is 29.9 Å². The van der Waals surface area contributed by atoms with Gasteiger partial charge in [0.05, 0.1) is 6.61 Å². The van der Waals surface area contributed by atoms with Gasteiger partial charge in [-0.25, -0.2) is 0 Å². The number of thioether (sulfide) groups is 1. The molecule has 1 atom stereocenters. The molecule has 0 bridgehead atoms. The molecule has 5 heteroatoms. The first kappa shape index (κ1) is 20.8. The van der Waals surface area contributed by atoms with Crippen molar-refractivity contribution in [1.29, 1.82) is 0 Å². The highest BCUT2D eigenvalue weighted by atomic mass is 32.2. The molecule has 150 valence electrons. The van der Waals surface area contributed by atoms with Crippen LogP contribution in [0.25, 0.3) is 0 Å². The molecule has 3 aromatic rings. The summed E-state index contributed by atoms with van der Waals surface area (Å²) in [6.45, 7) is 2.84. The fourth-order valence-electron chi connectivity index (χ4n) is 2.76. The Balaban J connectivity index is 1.71. The Labute approximate surface area is 176 Å². The molecule has 0 spiro atoms. The molecule has 0 aromatic heterocycles. The van der Waals surface area contributed by atoms with Crippen molar-refractivity contribution in [3.05, 3.63) is 84.4 Å². The van der Waals surface area contributed by atoms with Gasteiger partial charge < -0.3 is 15.8 Å². The lowest BCUT2D eigenvalue weighted by Gasteiger charge is -2.17. The predicted octanol–water partition coefficient (Wildman–Crippen LogP) is 5.92. The lowest BCUT2D eigenvalue weighted by Crippen LogP contribution is -2.19. The molecule has 0 saturated heterocycles. The normalized spacial score (nSPS) is 11.6. The molecule has 29 heavy (non-hydrogen) atoms. The molecule has 1 unspecified atom stereocenters. The van der Waals surface area contributed by atoms with E-state index in [9.17, 15) is 4.79 Å². The highest BCUT2D eigenvalue weighted by molar-refractivity contribution is 8.00. The summed E-state index contributed by atoms with van der Waals surface area (Å²) < 4.78 is 5.68. The Morgan fingerprint density at radius 1 is 1.00 bits per heavy atom. The zero-order valence-corrected chi connectivity index (χ0v) is 17.3. The van der Waals surface area contributed by atoms with Gasteiger partial charge in [0.2, 0.25) is 5.91 Å². The number of nitrogens with two attached hydrogens (primary N) is 1. The molecule has 3 rings (SSSR count). The van der Waals surface area contributed by atoms with E-state index < -0.39 is 0 Å². The van der Waals surface area contributed by atoms with E-state index in [-0.39, 0.29) is 11.2 Å². The summed E-state index contributed by atoms with van der Waals surface area (Å²) in [5, 5.41) is 2.65. The van der Waals surface area contributed by atoms with E-state index in [1.807, 2.05) is 78.9 Å². The van der Waals surface area contributed by atoms with Crippen LogP contribution in [-0.2, 0) is 4.79 Å². The summed E-state index contributed by atoms with van der Waals surface area (Å²) in [6.07, 6.45) is 2.13. The Bertz CT molecular complexity index is 896. The number of ether oxygens (including phenoxy) is 1. The van der Waals surface area contributed by atoms with Gasteiger partial charge in [-0.3, -0.25) is 4.79 Å². The highest BCUT2D eigenvalue weighted by Gasteiger charge is 2.22. The smallest absolute Gasteiger partial charge is 0.242 e. The van der Waals surface area contributed by atoms with Gasteiger partial charge in [0.15, 0.2) is 0 Å². The van der Waals surface area contributed by atoms with Gasteiger partial charge in [0, 0.05) is 16.3 Å². The number of anilines is 2. The number of nitrogen functional groups attached to an aromatic ring is 1. The van der Waals surface area contributed by atoms with E-state index in [1.165, 1.54) is 11.8 Å². The second-order valence-corrected chi connectivity index (χ2v) is 7.87. The lowest BCUT2D eigenvalue weighted by atomic mass is 10.1. The molecule has 0 aliphatic heterocycles. The molecule has 3 N–H and O–H groups in total. The van der Waals surface area contributed by atoms with Gasteiger partial charge in [-0.05, 0) is 60.5 Å². The number of carbonyl (C=O) groups excluding carboxylic acids is 1. The van der Waals surface area contributed by atoms with Gasteiger partial charge in [0.25, 0.3) is 0 Å². The van der Waals surface area contributed by atoms with Crippen LogP contribution in [-0.4, -0.2) is 12.5 Å². The van der Waals surface area contributed by atoms with Crippen LogP contribution in [0.5, 0.6) is 5.75 Å². The molecule has 0 radical (unpaired) electrons. The second kappa shape index (κ2) is 10.6. The minimum Gasteiger partial charge on any atom is -0.494 e. The minimum atomic E-state index is -0.375. The number of rotatable bonds is 9. The molecule has 3 aromatic carbocycles. The van der Waals surface area contributed by atoms with Crippen LogP contribution in [0.2, 0.25) is 0 Å². The molecule has 0 aliphatic rings. The molecule has 0 heterocycles. The van der Waals surface area contributed by atoms with Crippen LogP contribution in [0, 0.1) is 0 Å². The fourth-order valence-corrected chi connectivity index (χ4v) is 3.78. The summed E-state index contributed by atoms with van der Waals surface area (Å²) in [5.74, 6) is 0.741. The third kappa shape index (κ3) is 6.29. The van der Waals surface area contributed by atoms with E-state index >= 15 is 0 Å². The van der Waals surface area contributed by atoms with Crippen LogP contribution in [0.1, 0.15) is 30.6 Å². The Morgan fingerprint density at radius 3 is 2.34 bits per heavy atom. The summed E-state index contributed by atoms with van der Waals surface area (Å²) >= 11 is 1.50. The van der Waals surface area contributed by atoms with E-state index in [2.05, 4.69) is 12.2 Å². The number of benzene rings is 3. The maximum Gasteiger partial charge on any atom is 0.242 e. The van der Waals surface area contributed by atoms with E-state index in [0.29, 0.717) is 12.3 Å². The summed E-state index contributed by atoms with van der Waals surface area (Å²) in [7, 11) is 0. The van der Waals surface area contributed by atoms with E-state index in [1.54, 1.807) is 0 Å². The van der Waals surface area contributed by atoms with Crippen LogP contribution in [0.3, 0.4) is 0 Å². The van der Waals surface area contributed by atoms with Gasteiger partial charge >= 0.3 is 0 Å². The van der Waals surface area contributed by atoms with Gasteiger partial charge in [0.1, 0.15) is 11.0 Å². The number of hydrogen-bond donors (Lipinski definition) is 2.